The van der Waals surface area contributed by atoms with Crippen LogP contribution in [0.4, 0.5) is 0 Å². The summed E-state index contributed by atoms with van der Waals surface area (Å²) in [4.78, 5) is 6.83. The van der Waals surface area contributed by atoms with Crippen LogP contribution >= 0.6 is 24.0 Å². The maximum atomic E-state index is 4.45. The third-order valence-electron chi connectivity index (χ3n) is 4.60. The van der Waals surface area contributed by atoms with Crippen LogP contribution in [0.5, 0.6) is 0 Å². The zero-order valence-electron chi connectivity index (χ0n) is 14.2. The molecule has 0 aliphatic carbocycles. The molecule has 1 aromatic rings. The molecule has 22 heavy (non-hydrogen) atoms. The summed E-state index contributed by atoms with van der Waals surface area (Å²) in [5.74, 6) is 2.36. The standard InChI is InChI=1S/C16H29N5.HI/c1-5-13(6-2)9-18-16(17-3)21-8-7-14(12-21)15-10-19-20(4)11-15;/h10-11,13-14H,5-9,12H2,1-4H3,(H,17,18);1H. The Bertz CT molecular complexity index is 467. The number of hydrogen-bond acceptors (Lipinski definition) is 2. The van der Waals surface area contributed by atoms with Gasteiger partial charge in [-0.1, -0.05) is 26.7 Å². The molecule has 0 amide bonds. The van der Waals surface area contributed by atoms with Crippen molar-refractivity contribution in [1.82, 2.24) is 20.0 Å². The number of nitrogens with zero attached hydrogens (tertiary/aromatic N) is 4. The van der Waals surface area contributed by atoms with Gasteiger partial charge in [-0.2, -0.15) is 5.10 Å². The molecule has 5 nitrogen and oxygen atoms in total. The van der Waals surface area contributed by atoms with E-state index in [0.29, 0.717) is 5.92 Å². The molecule has 1 aliphatic heterocycles. The second-order valence-electron chi connectivity index (χ2n) is 5.99. The first-order chi connectivity index (χ1) is 10.2. The van der Waals surface area contributed by atoms with E-state index in [1.54, 1.807) is 0 Å². The second-order valence-corrected chi connectivity index (χ2v) is 5.99. The fourth-order valence-corrected chi connectivity index (χ4v) is 3.02. The van der Waals surface area contributed by atoms with E-state index in [1.807, 2.05) is 25.0 Å². The lowest BCUT2D eigenvalue weighted by Gasteiger charge is -2.23. The van der Waals surface area contributed by atoms with Gasteiger partial charge in [-0.3, -0.25) is 9.67 Å². The van der Waals surface area contributed by atoms with Gasteiger partial charge in [0.2, 0.25) is 0 Å². The molecular formula is C16H30IN5. The minimum absolute atomic E-state index is 0. The molecule has 6 heteroatoms. The van der Waals surface area contributed by atoms with Crippen molar-refractivity contribution in [2.75, 3.05) is 26.7 Å². The average Bonchev–Trinajstić information content (AvgIpc) is 3.13. The molecule has 0 spiro atoms. The van der Waals surface area contributed by atoms with Gasteiger partial charge in [0.1, 0.15) is 0 Å². The molecule has 2 rings (SSSR count). The summed E-state index contributed by atoms with van der Waals surface area (Å²) in [6.45, 7) is 7.64. The predicted octanol–water partition coefficient (Wildman–Crippen LogP) is 2.84. The molecule has 0 saturated carbocycles. The van der Waals surface area contributed by atoms with E-state index in [0.717, 1.165) is 31.5 Å². The highest BCUT2D eigenvalue weighted by Crippen LogP contribution is 2.26. The van der Waals surface area contributed by atoms with Gasteiger partial charge in [-0.25, -0.2) is 0 Å². The van der Waals surface area contributed by atoms with Gasteiger partial charge in [-0.05, 0) is 17.9 Å². The van der Waals surface area contributed by atoms with Crippen molar-refractivity contribution >= 4 is 29.9 Å². The average molecular weight is 419 g/mol. The van der Waals surface area contributed by atoms with Crippen LogP contribution in [0, 0.1) is 5.92 Å². The molecule has 1 saturated heterocycles. The van der Waals surface area contributed by atoms with Gasteiger partial charge in [0.05, 0.1) is 6.20 Å². The van der Waals surface area contributed by atoms with Crippen molar-refractivity contribution in [3.63, 3.8) is 0 Å². The predicted molar refractivity (Wildman–Crippen MR) is 103 cm³/mol. The number of likely N-dealkylation sites (tertiary alicyclic amines) is 1. The third kappa shape index (κ3) is 4.86. The van der Waals surface area contributed by atoms with E-state index in [9.17, 15) is 0 Å². The molecule has 0 bridgehead atoms. The molecule has 126 valence electrons. The summed E-state index contributed by atoms with van der Waals surface area (Å²) < 4.78 is 1.89. The summed E-state index contributed by atoms with van der Waals surface area (Å²) in [5, 5.41) is 7.83. The van der Waals surface area contributed by atoms with E-state index < -0.39 is 0 Å². The smallest absolute Gasteiger partial charge is 0.193 e. The molecule has 2 heterocycles. The lowest BCUT2D eigenvalue weighted by molar-refractivity contribution is 0.445. The van der Waals surface area contributed by atoms with Crippen LogP contribution < -0.4 is 5.32 Å². The minimum atomic E-state index is 0. The molecule has 1 aliphatic rings. The SMILES string of the molecule is CCC(CC)CNC(=NC)N1CCC(c2cnn(C)c2)C1.I. The van der Waals surface area contributed by atoms with E-state index in [4.69, 9.17) is 0 Å². The van der Waals surface area contributed by atoms with E-state index >= 15 is 0 Å². The Morgan fingerprint density at radius 2 is 2.18 bits per heavy atom. The molecule has 0 radical (unpaired) electrons. The largest absolute Gasteiger partial charge is 0.356 e. The van der Waals surface area contributed by atoms with Crippen molar-refractivity contribution in [1.29, 1.82) is 0 Å². The van der Waals surface area contributed by atoms with Crippen molar-refractivity contribution < 1.29 is 0 Å². The zero-order valence-corrected chi connectivity index (χ0v) is 16.6. The van der Waals surface area contributed by atoms with Crippen molar-refractivity contribution in [3.05, 3.63) is 18.0 Å². The Morgan fingerprint density at radius 1 is 1.45 bits per heavy atom. The fraction of sp³-hybridized carbons (Fsp3) is 0.750. The molecule has 0 aromatic carbocycles. The Kier molecular flexibility index (Phi) is 8.20. The highest BCUT2D eigenvalue weighted by molar-refractivity contribution is 14.0. The molecule has 1 aromatic heterocycles. The molecule has 1 unspecified atom stereocenters. The van der Waals surface area contributed by atoms with Crippen molar-refractivity contribution in [3.8, 4) is 0 Å². The van der Waals surface area contributed by atoms with Crippen LogP contribution in [0.1, 0.15) is 44.6 Å². The monoisotopic (exact) mass is 419 g/mol. The maximum Gasteiger partial charge on any atom is 0.193 e. The molecule has 1 N–H and O–H groups in total. The summed E-state index contributed by atoms with van der Waals surface area (Å²) in [7, 11) is 3.86. The van der Waals surface area contributed by atoms with Crippen LogP contribution in [0.3, 0.4) is 0 Å². The lowest BCUT2D eigenvalue weighted by Crippen LogP contribution is -2.41. The number of rotatable bonds is 5. The minimum Gasteiger partial charge on any atom is -0.356 e. The van der Waals surface area contributed by atoms with Crippen LogP contribution in [0.25, 0.3) is 0 Å². The number of aryl methyl sites for hydroxylation is 1. The zero-order chi connectivity index (χ0) is 15.2. The van der Waals surface area contributed by atoms with Crippen LogP contribution in [0.2, 0.25) is 0 Å². The summed E-state index contributed by atoms with van der Waals surface area (Å²) >= 11 is 0. The molecule has 1 fully saturated rings. The van der Waals surface area contributed by atoms with E-state index in [1.165, 1.54) is 24.8 Å². The van der Waals surface area contributed by atoms with Gasteiger partial charge < -0.3 is 10.2 Å². The Labute approximate surface area is 151 Å². The summed E-state index contributed by atoms with van der Waals surface area (Å²) in [6.07, 6.45) is 7.75. The van der Waals surface area contributed by atoms with Crippen molar-refractivity contribution in [2.24, 2.45) is 18.0 Å². The quantitative estimate of drug-likeness (QED) is 0.454. The number of aliphatic imine (C=N–C) groups is 1. The number of aromatic nitrogens is 2. The normalized spacial score (nSPS) is 18.7. The van der Waals surface area contributed by atoms with Gasteiger partial charge >= 0.3 is 0 Å². The first-order valence-corrected chi connectivity index (χ1v) is 8.12. The second kappa shape index (κ2) is 9.37. The summed E-state index contributed by atoms with van der Waals surface area (Å²) in [5.41, 5.74) is 1.34. The Hall–Kier alpha value is -0.790. The topological polar surface area (TPSA) is 45.5 Å². The third-order valence-corrected chi connectivity index (χ3v) is 4.60. The van der Waals surface area contributed by atoms with E-state index in [2.05, 4.69) is 40.4 Å². The van der Waals surface area contributed by atoms with Crippen LogP contribution in [-0.4, -0.2) is 47.3 Å². The Morgan fingerprint density at radius 3 is 2.73 bits per heavy atom. The van der Waals surface area contributed by atoms with Gasteiger partial charge in [0.25, 0.3) is 0 Å². The first-order valence-electron chi connectivity index (χ1n) is 8.12. The van der Waals surface area contributed by atoms with Gasteiger partial charge in [0, 0.05) is 45.8 Å². The number of nitrogens with one attached hydrogen (secondary N) is 1. The highest BCUT2D eigenvalue weighted by atomic mass is 127. The first kappa shape index (κ1) is 19.3. The molecular weight excluding hydrogens is 389 g/mol. The number of hydrogen-bond donors (Lipinski definition) is 1. The Balaban J connectivity index is 0.00000242. The van der Waals surface area contributed by atoms with Crippen molar-refractivity contribution in [2.45, 2.75) is 39.0 Å². The van der Waals surface area contributed by atoms with Gasteiger partial charge in [0.15, 0.2) is 5.96 Å². The highest BCUT2D eigenvalue weighted by Gasteiger charge is 2.26. The summed E-state index contributed by atoms with van der Waals surface area (Å²) in [6, 6.07) is 0. The molecule has 1 atom stereocenters. The van der Waals surface area contributed by atoms with Crippen LogP contribution in [0.15, 0.2) is 17.4 Å². The lowest BCUT2D eigenvalue weighted by atomic mass is 10.0. The maximum absolute atomic E-state index is 4.45. The fourth-order valence-electron chi connectivity index (χ4n) is 3.02. The van der Waals surface area contributed by atoms with Crippen LogP contribution in [-0.2, 0) is 7.05 Å². The van der Waals surface area contributed by atoms with Gasteiger partial charge in [-0.15, -0.1) is 24.0 Å². The number of halogens is 1. The number of guanidine groups is 1. The van der Waals surface area contributed by atoms with E-state index in [-0.39, 0.29) is 24.0 Å².